The van der Waals surface area contributed by atoms with Crippen LogP contribution in [0.1, 0.15) is 35.3 Å². The summed E-state index contributed by atoms with van der Waals surface area (Å²) in [6.45, 7) is 2.95. The molecule has 2 rings (SSSR count). The number of alkyl halides is 2. The summed E-state index contributed by atoms with van der Waals surface area (Å²) in [5, 5.41) is 2.89. The number of ether oxygens (including phenoxy) is 2. The number of amides is 1. The predicted molar refractivity (Wildman–Crippen MR) is 92.8 cm³/mol. The molecule has 0 unspecified atom stereocenters. The van der Waals surface area contributed by atoms with Gasteiger partial charge in [0, 0.05) is 11.3 Å². The molecule has 0 aliphatic heterocycles. The van der Waals surface area contributed by atoms with Gasteiger partial charge in [-0.15, -0.1) is 0 Å². The van der Waals surface area contributed by atoms with E-state index in [1.165, 1.54) is 18.2 Å². The zero-order chi connectivity index (χ0) is 18.4. The van der Waals surface area contributed by atoms with E-state index in [0.29, 0.717) is 5.56 Å². The van der Waals surface area contributed by atoms with E-state index in [-0.39, 0.29) is 24.0 Å². The van der Waals surface area contributed by atoms with Crippen LogP contribution in [0.25, 0.3) is 0 Å². The second-order valence-corrected chi connectivity index (χ2v) is 5.39. The Labute approximate surface area is 145 Å². The summed E-state index contributed by atoms with van der Waals surface area (Å²) in [5.41, 5.74) is 3.04. The first kappa shape index (κ1) is 18.7. The van der Waals surface area contributed by atoms with Crippen molar-refractivity contribution in [3.05, 3.63) is 53.1 Å². The van der Waals surface area contributed by atoms with E-state index < -0.39 is 6.61 Å². The van der Waals surface area contributed by atoms with E-state index in [1.54, 1.807) is 6.92 Å². The average molecular weight is 349 g/mol. The van der Waals surface area contributed by atoms with Crippen LogP contribution in [0.4, 0.5) is 14.5 Å². The van der Waals surface area contributed by atoms with Gasteiger partial charge in [0.2, 0.25) is 0 Å². The van der Waals surface area contributed by atoms with Gasteiger partial charge < -0.3 is 14.8 Å². The summed E-state index contributed by atoms with van der Waals surface area (Å²) < 4.78 is 34.6. The van der Waals surface area contributed by atoms with Gasteiger partial charge in [-0.2, -0.15) is 8.78 Å². The molecule has 0 aliphatic rings. The zero-order valence-corrected chi connectivity index (χ0v) is 14.4. The highest BCUT2D eigenvalue weighted by atomic mass is 19.3. The van der Waals surface area contributed by atoms with Crippen LogP contribution in [0.5, 0.6) is 11.5 Å². The Morgan fingerprint density at radius 1 is 1.16 bits per heavy atom. The lowest BCUT2D eigenvalue weighted by molar-refractivity contribution is -0.0514. The Balaban J connectivity index is 2.29. The number of nitrogens with one attached hydrogen (secondary N) is 1. The zero-order valence-electron chi connectivity index (χ0n) is 14.4. The maximum absolute atomic E-state index is 12.6. The summed E-state index contributed by atoms with van der Waals surface area (Å²) in [6.07, 6.45) is 0.780. The number of halogens is 2. The van der Waals surface area contributed by atoms with E-state index in [1.807, 2.05) is 32.0 Å². The molecular formula is C19H21F2NO3. The summed E-state index contributed by atoms with van der Waals surface area (Å²) in [4.78, 5) is 12.6. The molecule has 0 aliphatic carbocycles. The fourth-order valence-corrected chi connectivity index (χ4v) is 2.50. The molecular weight excluding hydrogens is 328 g/mol. The smallest absolute Gasteiger partial charge is 0.387 e. The largest absolute Gasteiger partial charge is 0.490 e. The maximum atomic E-state index is 12.6. The van der Waals surface area contributed by atoms with Gasteiger partial charge in [0.1, 0.15) is 0 Å². The van der Waals surface area contributed by atoms with E-state index in [2.05, 4.69) is 10.1 Å². The second-order valence-electron chi connectivity index (χ2n) is 5.39. The van der Waals surface area contributed by atoms with Gasteiger partial charge in [-0.3, -0.25) is 4.79 Å². The minimum Gasteiger partial charge on any atom is -0.490 e. The van der Waals surface area contributed by atoms with Crippen molar-refractivity contribution in [2.75, 3.05) is 11.9 Å². The van der Waals surface area contributed by atoms with Crippen LogP contribution >= 0.6 is 0 Å². The predicted octanol–water partition coefficient (Wildman–Crippen LogP) is 4.81. The number of hydrogen-bond donors (Lipinski definition) is 1. The molecule has 0 bridgehead atoms. The number of carbonyl (C=O) groups excluding carboxylic acids is 1. The standard InChI is InChI=1S/C19H21F2NO3/c1-4-13-8-6-7-12(3)17(13)22-18(23)14-9-10-15(25-19(20)21)16(11-14)24-5-2/h6-11,19H,4-5H2,1-3H3,(H,22,23). The third-order valence-electron chi connectivity index (χ3n) is 3.70. The Morgan fingerprint density at radius 3 is 2.56 bits per heavy atom. The number of carbonyl (C=O) groups is 1. The minimum atomic E-state index is -2.96. The van der Waals surface area contributed by atoms with Crippen LogP contribution in [-0.2, 0) is 6.42 Å². The molecule has 0 atom stereocenters. The van der Waals surface area contributed by atoms with Gasteiger partial charge in [0.15, 0.2) is 11.5 Å². The lowest BCUT2D eigenvalue weighted by atomic mass is 10.1. The van der Waals surface area contributed by atoms with Crippen molar-refractivity contribution in [3.63, 3.8) is 0 Å². The highest BCUT2D eigenvalue weighted by Crippen LogP contribution is 2.30. The average Bonchev–Trinajstić information content (AvgIpc) is 2.57. The Morgan fingerprint density at radius 2 is 1.92 bits per heavy atom. The highest BCUT2D eigenvalue weighted by Gasteiger charge is 2.16. The summed E-state index contributed by atoms with van der Waals surface area (Å²) in [6, 6.07) is 9.95. The van der Waals surface area contributed by atoms with Gasteiger partial charge in [-0.25, -0.2) is 0 Å². The molecule has 0 saturated carbocycles. The van der Waals surface area contributed by atoms with Crippen molar-refractivity contribution in [2.24, 2.45) is 0 Å². The molecule has 0 fully saturated rings. The number of para-hydroxylation sites is 1. The lowest BCUT2D eigenvalue weighted by Gasteiger charge is -2.15. The van der Waals surface area contributed by atoms with Crippen molar-refractivity contribution in [1.82, 2.24) is 0 Å². The first-order valence-electron chi connectivity index (χ1n) is 8.07. The summed E-state index contributed by atoms with van der Waals surface area (Å²) in [5.74, 6) is -0.331. The molecule has 2 aromatic carbocycles. The maximum Gasteiger partial charge on any atom is 0.387 e. The third-order valence-corrected chi connectivity index (χ3v) is 3.70. The van der Waals surface area contributed by atoms with Gasteiger partial charge >= 0.3 is 6.61 Å². The van der Waals surface area contributed by atoms with Gasteiger partial charge in [-0.05, 0) is 49.6 Å². The molecule has 0 aromatic heterocycles. The first-order valence-corrected chi connectivity index (χ1v) is 8.07. The van der Waals surface area contributed by atoms with Gasteiger partial charge in [-0.1, -0.05) is 25.1 Å². The monoisotopic (exact) mass is 349 g/mol. The first-order chi connectivity index (χ1) is 12.0. The van der Waals surface area contributed by atoms with E-state index in [0.717, 1.165) is 23.2 Å². The van der Waals surface area contributed by atoms with Crippen molar-refractivity contribution in [2.45, 2.75) is 33.8 Å². The third kappa shape index (κ3) is 4.68. The van der Waals surface area contributed by atoms with E-state index in [4.69, 9.17) is 4.74 Å². The van der Waals surface area contributed by atoms with E-state index >= 15 is 0 Å². The summed E-state index contributed by atoms with van der Waals surface area (Å²) in [7, 11) is 0. The lowest BCUT2D eigenvalue weighted by Crippen LogP contribution is -2.15. The number of rotatable bonds is 7. The molecule has 6 heteroatoms. The van der Waals surface area contributed by atoms with Crippen molar-refractivity contribution in [3.8, 4) is 11.5 Å². The molecule has 0 spiro atoms. The second kappa shape index (κ2) is 8.46. The molecule has 0 heterocycles. The van der Waals surface area contributed by atoms with Crippen LogP contribution in [0.2, 0.25) is 0 Å². The number of aryl methyl sites for hydroxylation is 2. The van der Waals surface area contributed by atoms with Crippen molar-refractivity contribution >= 4 is 11.6 Å². The SMILES string of the molecule is CCOc1cc(C(=O)Nc2c(C)cccc2CC)ccc1OC(F)F. The normalized spacial score (nSPS) is 10.6. The van der Waals surface area contributed by atoms with Crippen LogP contribution in [0.3, 0.4) is 0 Å². The molecule has 25 heavy (non-hydrogen) atoms. The molecule has 1 N–H and O–H groups in total. The molecule has 4 nitrogen and oxygen atoms in total. The molecule has 0 saturated heterocycles. The quantitative estimate of drug-likeness (QED) is 0.780. The Kier molecular flexibility index (Phi) is 6.33. The van der Waals surface area contributed by atoms with Crippen LogP contribution in [-0.4, -0.2) is 19.1 Å². The van der Waals surface area contributed by atoms with Gasteiger partial charge in [0.25, 0.3) is 5.91 Å². The molecule has 1 amide bonds. The molecule has 2 aromatic rings. The van der Waals surface area contributed by atoms with Gasteiger partial charge in [0.05, 0.1) is 6.61 Å². The number of benzene rings is 2. The van der Waals surface area contributed by atoms with Crippen molar-refractivity contribution < 1.29 is 23.0 Å². The minimum absolute atomic E-state index is 0.0986. The fraction of sp³-hybridized carbons (Fsp3) is 0.316. The number of anilines is 1. The topological polar surface area (TPSA) is 47.6 Å². The fourth-order valence-electron chi connectivity index (χ4n) is 2.50. The van der Waals surface area contributed by atoms with Crippen LogP contribution in [0, 0.1) is 6.92 Å². The summed E-state index contributed by atoms with van der Waals surface area (Å²) >= 11 is 0. The molecule has 0 radical (unpaired) electrons. The van der Waals surface area contributed by atoms with Crippen LogP contribution in [0.15, 0.2) is 36.4 Å². The Bertz CT molecular complexity index is 747. The van der Waals surface area contributed by atoms with E-state index in [9.17, 15) is 13.6 Å². The number of hydrogen-bond acceptors (Lipinski definition) is 3. The highest BCUT2D eigenvalue weighted by molar-refractivity contribution is 6.05. The Hall–Kier alpha value is -2.63. The van der Waals surface area contributed by atoms with Crippen molar-refractivity contribution in [1.29, 1.82) is 0 Å². The van der Waals surface area contributed by atoms with Crippen LogP contribution < -0.4 is 14.8 Å². The molecule has 134 valence electrons.